The molecule has 9 nitrogen and oxygen atoms in total. The fourth-order valence-electron chi connectivity index (χ4n) is 5.19. The van der Waals surface area contributed by atoms with E-state index in [1.165, 1.54) is 43.5 Å². The number of rotatable bonds is 7. The fourth-order valence-corrected chi connectivity index (χ4v) is 5.19. The molecule has 0 N–H and O–H groups in total. The standard InChI is InChI=1S/C31H24F3N3O6/c1-17(19-8-13-25-28(14-19)43-31(33,34)42-25)40-27-15-20(9-12-23(27)32)37-29-22(24(16-35)36-37)4-3-5-26(29)41-21-10-6-18(7-11-21)30(38)39-2/h6-15,17,26H,3-5H2,1-2H3/t17-,26-/m0/s1. The van der Waals surface area contributed by atoms with Gasteiger partial charge in [-0.05, 0) is 80.3 Å². The summed E-state index contributed by atoms with van der Waals surface area (Å²) in [5, 5.41) is 14.3. The molecule has 0 spiro atoms. The largest absolute Gasteiger partial charge is 0.586 e. The number of esters is 1. The van der Waals surface area contributed by atoms with E-state index in [-0.39, 0.29) is 22.9 Å². The van der Waals surface area contributed by atoms with Crippen molar-refractivity contribution in [3.8, 4) is 34.8 Å². The number of nitrogens with zero attached hydrogens (tertiary/aromatic N) is 3. The van der Waals surface area contributed by atoms with Gasteiger partial charge in [0.05, 0.1) is 24.1 Å². The van der Waals surface area contributed by atoms with Crippen molar-refractivity contribution in [2.45, 2.75) is 44.7 Å². The summed E-state index contributed by atoms with van der Waals surface area (Å²) in [6.45, 7) is 1.64. The molecule has 2 heterocycles. The maximum absolute atomic E-state index is 15.0. The lowest BCUT2D eigenvalue weighted by Gasteiger charge is -2.25. The van der Waals surface area contributed by atoms with Crippen molar-refractivity contribution < 1.29 is 41.7 Å². The van der Waals surface area contributed by atoms with Crippen LogP contribution >= 0.6 is 0 Å². The van der Waals surface area contributed by atoms with E-state index in [1.807, 2.05) is 0 Å². The van der Waals surface area contributed by atoms with Crippen molar-refractivity contribution in [2.24, 2.45) is 0 Å². The van der Waals surface area contributed by atoms with Crippen LogP contribution in [-0.4, -0.2) is 29.2 Å². The summed E-state index contributed by atoms with van der Waals surface area (Å²) >= 11 is 0. The molecule has 0 radical (unpaired) electrons. The number of carbonyl (C=O) groups excluding carboxylic acids is 1. The maximum atomic E-state index is 15.0. The van der Waals surface area contributed by atoms with Gasteiger partial charge in [0.15, 0.2) is 28.8 Å². The van der Waals surface area contributed by atoms with Gasteiger partial charge in [0, 0.05) is 11.6 Å². The summed E-state index contributed by atoms with van der Waals surface area (Å²) in [7, 11) is 1.30. The zero-order chi connectivity index (χ0) is 30.3. The van der Waals surface area contributed by atoms with Crippen molar-refractivity contribution in [3.05, 3.63) is 94.6 Å². The molecule has 2 aliphatic rings. The molecule has 0 saturated carbocycles. The van der Waals surface area contributed by atoms with E-state index in [2.05, 4.69) is 20.6 Å². The van der Waals surface area contributed by atoms with Crippen LogP contribution in [0.5, 0.6) is 23.0 Å². The first kappa shape index (κ1) is 28.0. The van der Waals surface area contributed by atoms with Crippen LogP contribution in [0.1, 0.15) is 64.8 Å². The van der Waals surface area contributed by atoms with Gasteiger partial charge in [-0.3, -0.25) is 0 Å². The highest BCUT2D eigenvalue weighted by atomic mass is 19.3. The fraction of sp³-hybridized carbons (Fsp3) is 0.258. The summed E-state index contributed by atoms with van der Waals surface area (Å²) < 4.78 is 69.3. The molecule has 0 unspecified atom stereocenters. The SMILES string of the molecule is COC(=O)c1ccc(O[C@H]2CCCc3c(C#N)nn(-c4ccc(F)c(O[C@@H](C)c5ccc6c(c5)OC(F)(F)O6)c4)c32)cc1. The third kappa shape index (κ3) is 5.41. The number of alkyl halides is 2. The molecule has 1 aliphatic heterocycles. The highest BCUT2D eigenvalue weighted by Crippen LogP contribution is 2.43. The van der Waals surface area contributed by atoms with E-state index >= 15 is 0 Å². The number of fused-ring (bicyclic) bond motifs is 2. The highest BCUT2D eigenvalue weighted by molar-refractivity contribution is 5.89. The van der Waals surface area contributed by atoms with Crippen LogP contribution in [0.15, 0.2) is 60.7 Å². The Hall–Kier alpha value is -5.18. The third-order valence-corrected chi connectivity index (χ3v) is 7.24. The zero-order valence-electron chi connectivity index (χ0n) is 23.0. The highest BCUT2D eigenvalue weighted by Gasteiger charge is 2.43. The van der Waals surface area contributed by atoms with Gasteiger partial charge in [0.25, 0.3) is 0 Å². The van der Waals surface area contributed by atoms with Crippen LogP contribution in [0.2, 0.25) is 0 Å². The molecular weight excluding hydrogens is 567 g/mol. The number of benzene rings is 3. The summed E-state index contributed by atoms with van der Waals surface area (Å²) in [5.41, 5.74) is 2.90. The Balaban J connectivity index is 1.29. The maximum Gasteiger partial charge on any atom is 0.586 e. The molecule has 0 saturated heterocycles. The lowest BCUT2D eigenvalue weighted by molar-refractivity contribution is -0.286. The molecule has 1 aromatic heterocycles. The third-order valence-electron chi connectivity index (χ3n) is 7.24. The lowest BCUT2D eigenvalue weighted by atomic mass is 9.93. The molecule has 6 rings (SSSR count). The molecule has 4 aromatic rings. The molecule has 12 heteroatoms. The van der Waals surface area contributed by atoms with Crippen molar-refractivity contribution >= 4 is 5.97 Å². The van der Waals surface area contributed by atoms with Crippen LogP contribution in [0.3, 0.4) is 0 Å². The molecular formula is C31H24F3N3O6. The molecule has 2 atom stereocenters. The van der Waals surface area contributed by atoms with Gasteiger partial charge in [0.1, 0.15) is 24.0 Å². The summed E-state index contributed by atoms with van der Waals surface area (Å²) in [4.78, 5) is 11.8. The quantitative estimate of drug-likeness (QED) is 0.222. The van der Waals surface area contributed by atoms with E-state index in [1.54, 1.807) is 35.9 Å². The van der Waals surface area contributed by atoms with Gasteiger partial charge in [-0.15, -0.1) is 8.78 Å². The van der Waals surface area contributed by atoms with E-state index in [4.69, 9.17) is 14.2 Å². The van der Waals surface area contributed by atoms with E-state index in [0.717, 1.165) is 12.0 Å². The molecule has 3 aromatic carbocycles. The van der Waals surface area contributed by atoms with Gasteiger partial charge >= 0.3 is 12.3 Å². The van der Waals surface area contributed by atoms with Gasteiger partial charge in [-0.2, -0.15) is 10.4 Å². The second kappa shape index (κ2) is 10.9. The van der Waals surface area contributed by atoms with E-state index < -0.39 is 30.3 Å². The van der Waals surface area contributed by atoms with Gasteiger partial charge < -0.3 is 23.7 Å². The van der Waals surface area contributed by atoms with Crippen LogP contribution in [0.25, 0.3) is 5.69 Å². The average Bonchev–Trinajstić information content (AvgIpc) is 3.54. The molecule has 43 heavy (non-hydrogen) atoms. The number of ether oxygens (including phenoxy) is 5. The normalized spacial score (nSPS) is 17.0. The van der Waals surface area contributed by atoms with Crippen molar-refractivity contribution in [3.63, 3.8) is 0 Å². The minimum atomic E-state index is -3.76. The molecule has 220 valence electrons. The lowest BCUT2D eigenvalue weighted by Crippen LogP contribution is -2.25. The van der Waals surface area contributed by atoms with E-state index in [9.17, 15) is 23.2 Å². The Kier molecular flexibility index (Phi) is 7.09. The topological polar surface area (TPSA) is 105 Å². The smallest absolute Gasteiger partial charge is 0.484 e. The number of methoxy groups -OCH3 is 1. The molecule has 0 bridgehead atoms. The first-order valence-corrected chi connectivity index (χ1v) is 13.4. The minimum Gasteiger partial charge on any atom is -0.484 e. The van der Waals surface area contributed by atoms with Crippen LogP contribution in [0.4, 0.5) is 13.2 Å². The monoisotopic (exact) mass is 591 g/mol. The minimum absolute atomic E-state index is 0.109. The van der Waals surface area contributed by atoms with Gasteiger partial charge in [0.2, 0.25) is 0 Å². The Morgan fingerprint density at radius 1 is 1.12 bits per heavy atom. The second-order valence-corrected chi connectivity index (χ2v) is 10.00. The van der Waals surface area contributed by atoms with Crippen LogP contribution in [0, 0.1) is 17.1 Å². The second-order valence-electron chi connectivity index (χ2n) is 10.00. The molecule has 0 fully saturated rings. The van der Waals surface area contributed by atoms with Crippen LogP contribution < -0.4 is 18.9 Å². The predicted molar refractivity (Wildman–Crippen MR) is 144 cm³/mol. The number of nitriles is 1. The summed E-state index contributed by atoms with van der Waals surface area (Å²) in [6.07, 6.45) is -2.99. The van der Waals surface area contributed by atoms with Gasteiger partial charge in [-0.25, -0.2) is 13.9 Å². The van der Waals surface area contributed by atoms with Crippen molar-refractivity contribution in [2.75, 3.05) is 7.11 Å². The summed E-state index contributed by atoms with van der Waals surface area (Å²) in [5.74, 6) is -0.972. The van der Waals surface area contributed by atoms with Crippen molar-refractivity contribution in [1.29, 1.82) is 5.26 Å². The number of hydrogen-bond acceptors (Lipinski definition) is 8. The molecule has 1 aliphatic carbocycles. The summed E-state index contributed by atoms with van der Waals surface area (Å²) in [6, 6.07) is 17.1. The Morgan fingerprint density at radius 3 is 2.63 bits per heavy atom. The average molecular weight is 592 g/mol. The zero-order valence-corrected chi connectivity index (χ0v) is 23.0. The van der Waals surface area contributed by atoms with Gasteiger partial charge in [-0.1, -0.05) is 6.07 Å². The van der Waals surface area contributed by atoms with Crippen molar-refractivity contribution in [1.82, 2.24) is 9.78 Å². The number of halogens is 3. The first-order chi connectivity index (χ1) is 20.7. The Labute approximate surface area is 243 Å². The Bertz CT molecular complexity index is 1750. The number of aromatic nitrogens is 2. The van der Waals surface area contributed by atoms with Crippen LogP contribution in [-0.2, 0) is 11.2 Å². The first-order valence-electron chi connectivity index (χ1n) is 13.4. The molecule has 0 amide bonds. The predicted octanol–water partition coefficient (Wildman–Crippen LogP) is 6.59. The number of carbonyl (C=O) groups is 1. The number of hydrogen-bond donors (Lipinski definition) is 0. The van der Waals surface area contributed by atoms with E-state index in [0.29, 0.717) is 41.1 Å². The Morgan fingerprint density at radius 2 is 1.88 bits per heavy atom.